The number of halogens is 1. The van der Waals surface area contributed by atoms with Crippen molar-refractivity contribution < 1.29 is 4.79 Å². The van der Waals surface area contributed by atoms with Crippen LogP contribution in [0.25, 0.3) is 0 Å². The summed E-state index contributed by atoms with van der Waals surface area (Å²) in [4.78, 5) is 16.1. The zero-order chi connectivity index (χ0) is 17.1. The summed E-state index contributed by atoms with van der Waals surface area (Å²) in [6.45, 7) is 5.95. The quantitative estimate of drug-likeness (QED) is 0.884. The molecule has 0 spiro atoms. The van der Waals surface area contributed by atoms with Gasteiger partial charge in [-0.25, -0.2) is 0 Å². The first-order valence-electron chi connectivity index (χ1n) is 8.20. The van der Waals surface area contributed by atoms with Crippen LogP contribution >= 0.6 is 23.7 Å². The van der Waals surface area contributed by atoms with Crippen LogP contribution in [0.2, 0.25) is 0 Å². The van der Waals surface area contributed by atoms with Gasteiger partial charge >= 0.3 is 0 Å². The summed E-state index contributed by atoms with van der Waals surface area (Å²) in [6, 6.07) is 11.9. The van der Waals surface area contributed by atoms with Crippen LogP contribution < -0.4 is 5.32 Å². The summed E-state index contributed by atoms with van der Waals surface area (Å²) in [6.07, 6.45) is 1.08. The van der Waals surface area contributed by atoms with Crippen molar-refractivity contribution in [1.82, 2.24) is 10.2 Å². The Labute approximate surface area is 158 Å². The zero-order valence-electron chi connectivity index (χ0n) is 14.4. The molecule has 1 aromatic carbocycles. The average Bonchev–Trinajstić information content (AvgIpc) is 3.06. The molecule has 0 saturated heterocycles. The lowest BCUT2D eigenvalue weighted by atomic mass is 9.97. The highest BCUT2D eigenvalue weighted by Crippen LogP contribution is 2.35. The number of amides is 1. The minimum Gasteiger partial charge on any atom is -0.351 e. The molecule has 25 heavy (non-hydrogen) atoms. The SMILES string of the molecule is C[C@@H]1Cc2ccsc2[C@@H](C)N1CCNC(=O)c1ccc(C#N)cc1.Cl. The Bertz CT molecular complexity index is 766. The number of carbonyl (C=O) groups excluding carboxylic acids is 1. The number of carbonyl (C=O) groups is 1. The summed E-state index contributed by atoms with van der Waals surface area (Å²) in [5.74, 6) is -0.0892. The standard InChI is InChI=1S/C19H21N3OS.ClH/c1-13-11-17-7-10-24-18(17)14(2)22(13)9-8-21-19(23)16-5-3-15(12-20)4-6-16;/h3-7,10,13-14H,8-9,11H2,1-2H3,(H,21,23);1H/t13-,14-;/m1./s1. The second-order valence-corrected chi connectivity index (χ2v) is 7.17. The molecule has 1 aromatic heterocycles. The Hall–Kier alpha value is -1.87. The molecule has 0 aliphatic carbocycles. The van der Waals surface area contributed by atoms with E-state index in [9.17, 15) is 4.79 Å². The van der Waals surface area contributed by atoms with E-state index < -0.39 is 0 Å². The third-order valence-electron chi connectivity index (χ3n) is 4.67. The first-order valence-corrected chi connectivity index (χ1v) is 9.08. The van der Waals surface area contributed by atoms with Crippen LogP contribution in [-0.2, 0) is 6.42 Å². The fourth-order valence-corrected chi connectivity index (χ4v) is 4.38. The number of benzene rings is 1. The van der Waals surface area contributed by atoms with E-state index in [1.54, 1.807) is 24.3 Å². The molecule has 4 nitrogen and oxygen atoms in total. The third-order valence-corrected chi connectivity index (χ3v) is 5.80. The number of hydrogen-bond donors (Lipinski definition) is 1. The van der Waals surface area contributed by atoms with Gasteiger partial charge in [0.05, 0.1) is 11.6 Å². The van der Waals surface area contributed by atoms with Crippen molar-refractivity contribution in [3.05, 3.63) is 57.3 Å². The molecule has 0 saturated carbocycles. The minimum absolute atomic E-state index is 0. The van der Waals surface area contributed by atoms with Crippen LogP contribution in [-0.4, -0.2) is 29.9 Å². The van der Waals surface area contributed by atoms with Crippen LogP contribution in [0.1, 0.15) is 46.3 Å². The lowest BCUT2D eigenvalue weighted by Crippen LogP contribution is -2.44. The van der Waals surface area contributed by atoms with E-state index in [-0.39, 0.29) is 18.3 Å². The molecule has 1 aliphatic rings. The van der Waals surface area contributed by atoms with Crippen molar-refractivity contribution in [2.24, 2.45) is 0 Å². The highest BCUT2D eigenvalue weighted by Gasteiger charge is 2.29. The predicted molar refractivity (Wildman–Crippen MR) is 103 cm³/mol. The summed E-state index contributed by atoms with van der Waals surface area (Å²) >= 11 is 1.82. The number of hydrogen-bond acceptors (Lipinski definition) is 4. The number of thiophene rings is 1. The maximum absolute atomic E-state index is 12.2. The van der Waals surface area contributed by atoms with E-state index in [0.29, 0.717) is 29.8 Å². The van der Waals surface area contributed by atoms with Crippen molar-refractivity contribution in [2.45, 2.75) is 32.4 Å². The van der Waals surface area contributed by atoms with E-state index in [1.807, 2.05) is 11.3 Å². The van der Waals surface area contributed by atoms with E-state index in [1.165, 1.54) is 10.4 Å². The molecule has 0 unspecified atom stereocenters. The van der Waals surface area contributed by atoms with Crippen molar-refractivity contribution >= 4 is 29.7 Å². The van der Waals surface area contributed by atoms with E-state index >= 15 is 0 Å². The second-order valence-electron chi connectivity index (χ2n) is 6.22. The Morgan fingerprint density at radius 3 is 2.72 bits per heavy atom. The number of nitrogens with zero attached hydrogens (tertiary/aromatic N) is 2. The van der Waals surface area contributed by atoms with Gasteiger partial charge in [0.15, 0.2) is 0 Å². The first kappa shape index (κ1) is 19.5. The third kappa shape index (κ3) is 4.21. The van der Waals surface area contributed by atoms with Gasteiger partial charge in [-0.2, -0.15) is 5.26 Å². The molecule has 0 fully saturated rings. The lowest BCUT2D eigenvalue weighted by Gasteiger charge is -2.38. The first-order chi connectivity index (χ1) is 11.6. The fourth-order valence-electron chi connectivity index (χ4n) is 3.36. The van der Waals surface area contributed by atoms with Crippen LogP contribution in [0.3, 0.4) is 0 Å². The van der Waals surface area contributed by atoms with Crippen LogP contribution in [0.5, 0.6) is 0 Å². The zero-order valence-corrected chi connectivity index (χ0v) is 16.0. The minimum atomic E-state index is -0.0892. The normalized spacial score (nSPS) is 19.4. The van der Waals surface area contributed by atoms with Gasteiger partial charge in [0, 0.05) is 35.6 Å². The molecule has 3 rings (SSSR count). The van der Waals surface area contributed by atoms with Crippen molar-refractivity contribution in [1.29, 1.82) is 5.26 Å². The fraction of sp³-hybridized carbons (Fsp3) is 0.368. The molecule has 2 atom stereocenters. The van der Waals surface area contributed by atoms with Crippen LogP contribution in [0.4, 0.5) is 0 Å². The highest BCUT2D eigenvalue weighted by molar-refractivity contribution is 7.10. The Morgan fingerprint density at radius 1 is 1.32 bits per heavy atom. The Morgan fingerprint density at radius 2 is 2.04 bits per heavy atom. The van der Waals surface area contributed by atoms with Crippen LogP contribution in [0, 0.1) is 11.3 Å². The summed E-state index contributed by atoms with van der Waals surface area (Å²) in [5, 5.41) is 14.0. The molecular weight excluding hydrogens is 354 g/mol. The molecule has 0 radical (unpaired) electrons. The van der Waals surface area contributed by atoms with Crippen molar-refractivity contribution in [3.8, 4) is 6.07 Å². The van der Waals surface area contributed by atoms with Gasteiger partial charge in [-0.15, -0.1) is 23.7 Å². The summed E-state index contributed by atoms with van der Waals surface area (Å²) < 4.78 is 0. The van der Waals surface area contributed by atoms with Crippen LogP contribution in [0.15, 0.2) is 35.7 Å². The molecule has 6 heteroatoms. The molecular formula is C19H22ClN3OS. The Balaban J connectivity index is 0.00000225. The van der Waals surface area contributed by atoms with E-state index in [4.69, 9.17) is 5.26 Å². The van der Waals surface area contributed by atoms with E-state index in [2.05, 4.69) is 41.6 Å². The average molecular weight is 376 g/mol. The molecule has 132 valence electrons. The molecule has 2 aromatic rings. The monoisotopic (exact) mass is 375 g/mol. The maximum Gasteiger partial charge on any atom is 0.251 e. The number of rotatable bonds is 4. The van der Waals surface area contributed by atoms with Gasteiger partial charge < -0.3 is 5.32 Å². The summed E-state index contributed by atoms with van der Waals surface area (Å²) in [7, 11) is 0. The number of nitrogens with one attached hydrogen (secondary N) is 1. The molecule has 1 aliphatic heterocycles. The van der Waals surface area contributed by atoms with Gasteiger partial charge in [0.25, 0.3) is 5.91 Å². The maximum atomic E-state index is 12.2. The van der Waals surface area contributed by atoms with Crippen molar-refractivity contribution in [2.75, 3.05) is 13.1 Å². The number of nitriles is 1. The van der Waals surface area contributed by atoms with Gasteiger partial charge in [-0.3, -0.25) is 9.69 Å². The predicted octanol–water partition coefficient (Wildman–Crippen LogP) is 3.78. The lowest BCUT2D eigenvalue weighted by molar-refractivity contribution is 0.0930. The van der Waals surface area contributed by atoms with Gasteiger partial charge in [-0.1, -0.05) is 0 Å². The Kier molecular flexibility index (Phi) is 6.60. The molecule has 0 bridgehead atoms. The molecule has 1 amide bonds. The molecule has 2 heterocycles. The van der Waals surface area contributed by atoms with Crippen molar-refractivity contribution in [3.63, 3.8) is 0 Å². The topological polar surface area (TPSA) is 56.1 Å². The largest absolute Gasteiger partial charge is 0.351 e. The number of fused-ring (bicyclic) bond motifs is 1. The smallest absolute Gasteiger partial charge is 0.251 e. The van der Waals surface area contributed by atoms with Gasteiger partial charge in [-0.05, 0) is 61.5 Å². The highest BCUT2D eigenvalue weighted by atomic mass is 35.5. The van der Waals surface area contributed by atoms with E-state index in [0.717, 1.165) is 13.0 Å². The van der Waals surface area contributed by atoms with Gasteiger partial charge in [0.1, 0.15) is 0 Å². The summed E-state index contributed by atoms with van der Waals surface area (Å²) in [5.41, 5.74) is 2.63. The molecule has 1 N–H and O–H groups in total. The second kappa shape index (κ2) is 8.48. The van der Waals surface area contributed by atoms with Gasteiger partial charge in [0.2, 0.25) is 0 Å².